The van der Waals surface area contributed by atoms with Crippen LogP contribution in [0.15, 0.2) is 170 Å². The fourth-order valence-corrected chi connectivity index (χ4v) is 8.26. The van der Waals surface area contributed by atoms with Crippen molar-refractivity contribution in [2.24, 2.45) is 0 Å². The second-order valence-electron chi connectivity index (χ2n) is 12.4. The number of hydrogen-bond donors (Lipinski definition) is 0. The van der Waals surface area contributed by atoms with Crippen LogP contribution in [0.5, 0.6) is 0 Å². The molecular weight excluding hydrogens is 629 g/mol. The van der Waals surface area contributed by atoms with Crippen LogP contribution in [0, 0.1) is 0 Å². The van der Waals surface area contributed by atoms with Crippen LogP contribution in [0.2, 0.25) is 0 Å². The Morgan fingerprint density at radius 2 is 0.960 bits per heavy atom. The molecule has 0 aliphatic carbocycles. The van der Waals surface area contributed by atoms with E-state index in [4.69, 9.17) is 15.0 Å². The van der Waals surface area contributed by atoms with Crippen molar-refractivity contribution < 1.29 is 0 Å². The van der Waals surface area contributed by atoms with E-state index < -0.39 is 0 Å². The molecule has 0 spiro atoms. The molecule has 0 N–H and O–H groups in total. The molecule has 0 bridgehead atoms. The third-order valence-electron chi connectivity index (χ3n) is 9.47. The Hall–Kier alpha value is -6.43. The van der Waals surface area contributed by atoms with Crippen LogP contribution < -0.4 is 0 Å². The van der Waals surface area contributed by atoms with E-state index >= 15 is 0 Å². The monoisotopic (exact) mass is 656 g/mol. The smallest absolute Gasteiger partial charge is 0.164 e. The Morgan fingerprint density at radius 3 is 1.78 bits per heavy atom. The molecule has 0 aliphatic heterocycles. The van der Waals surface area contributed by atoms with E-state index in [1.54, 1.807) is 11.3 Å². The van der Waals surface area contributed by atoms with E-state index in [0.717, 1.165) is 44.4 Å². The predicted octanol–water partition coefficient (Wildman–Crippen LogP) is 12.0. The van der Waals surface area contributed by atoms with Crippen LogP contribution in [0.4, 0.5) is 0 Å². The van der Waals surface area contributed by atoms with E-state index in [-0.39, 0.29) is 0 Å². The molecule has 0 amide bonds. The zero-order chi connectivity index (χ0) is 33.0. The second kappa shape index (κ2) is 11.6. The number of thiophene rings is 1. The third-order valence-corrected chi connectivity index (χ3v) is 10.6. The summed E-state index contributed by atoms with van der Waals surface area (Å²) in [7, 11) is 0. The van der Waals surface area contributed by atoms with Crippen molar-refractivity contribution in [1.29, 1.82) is 0 Å². The maximum absolute atomic E-state index is 5.23. The average Bonchev–Trinajstić information content (AvgIpc) is 3.74. The van der Waals surface area contributed by atoms with Gasteiger partial charge in [-0.3, -0.25) is 0 Å². The summed E-state index contributed by atoms with van der Waals surface area (Å²) in [4.78, 5) is 15.6. The summed E-state index contributed by atoms with van der Waals surface area (Å²) in [6.07, 6.45) is 0. The Balaban J connectivity index is 1.19. The van der Waals surface area contributed by atoms with E-state index in [9.17, 15) is 0 Å². The number of rotatable bonds is 5. The van der Waals surface area contributed by atoms with Crippen molar-refractivity contribution >= 4 is 53.3 Å². The molecule has 0 atom stereocenters. The molecule has 50 heavy (non-hydrogen) atoms. The van der Waals surface area contributed by atoms with E-state index in [1.165, 1.54) is 31.1 Å². The first-order chi connectivity index (χ1) is 24.8. The summed E-state index contributed by atoms with van der Waals surface area (Å²) in [5.41, 5.74) is 8.66. The Bertz CT molecular complexity index is 2850. The van der Waals surface area contributed by atoms with E-state index in [1.807, 2.05) is 6.07 Å². The summed E-state index contributed by atoms with van der Waals surface area (Å²) < 4.78 is 4.80. The highest BCUT2D eigenvalue weighted by molar-refractivity contribution is 7.25. The van der Waals surface area contributed by atoms with Gasteiger partial charge in [-0.2, -0.15) is 0 Å². The summed E-state index contributed by atoms with van der Waals surface area (Å²) in [5.74, 6) is 1.96. The molecule has 0 unspecified atom stereocenters. The van der Waals surface area contributed by atoms with Crippen molar-refractivity contribution in [3.05, 3.63) is 170 Å². The fraction of sp³-hybridized carbons (Fsp3) is 0. The molecule has 10 aromatic rings. The highest BCUT2D eigenvalue weighted by atomic mass is 32.1. The number of fused-ring (bicyclic) bond motifs is 6. The van der Waals surface area contributed by atoms with Gasteiger partial charge >= 0.3 is 0 Å². The van der Waals surface area contributed by atoms with E-state index in [0.29, 0.717) is 17.5 Å². The van der Waals surface area contributed by atoms with Gasteiger partial charge in [0.2, 0.25) is 0 Å². The van der Waals surface area contributed by atoms with Gasteiger partial charge in [0.15, 0.2) is 17.5 Å². The van der Waals surface area contributed by atoms with Gasteiger partial charge < -0.3 is 4.57 Å². The molecule has 0 aliphatic rings. The van der Waals surface area contributed by atoms with Crippen LogP contribution >= 0.6 is 11.3 Å². The molecule has 0 saturated heterocycles. The van der Waals surface area contributed by atoms with Crippen LogP contribution in [-0.2, 0) is 0 Å². The van der Waals surface area contributed by atoms with Gasteiger partial charge in [0.05, 0.1) is 11.0 Å². The highest BCUT2D eigenvalue weighted by Crippen LogP contribution is 2.40. The number of para-hydroxylation sites is 2. The molecular formula is C45H28N4S. The summed E-state index contributed by atoms with van der Waals surface area (Å²) >= 11 is 1.80. The minimum absolute atomic E-state index is 0.645. The molecule has 3 aromatic heterocycles. The number of nitrogens with zero attached hydrogens (tertiary/aromatic N) is 4. The zero-order valence-corrected chi connectivity index (χ0v) is 27.7. The van der Waals surface area contributed by atoms with Gasteiger partial charge in [-0.05, 0) is 59.7 Å². The fourth-order valence-electron chi connectivity index (χ4n) is 7.13. The first-order valence-electron chi connectivity index (χ1n) is 16.7. The largest absolute Gasteiger partial charge is 0.309 e. The van der Waals surface area contributed by atoms with Gasteiger partial charge in [0.25, 0.3) is 0 Å². The summed E-state index contributed by atoms with van der Waals surface area (Å²) in [6, 6.07) is 59.7. The maximum atomic E-state index is 5.23. The van der Waals surface area contributed by atoms with Crippen LogP contribution in [0.3, 0.4) is 0 Å². The second-order valence-corrected chi connectivity index (χ2v) is 13.5. The normalized spacial score (nSPS) is 11.6. The predicted molar refractivity (Wildman–Crippen MR) is 209 cm³/mol. The Morgan fingerprint density at radius 1 is 0.380 bits per heavy atom. The highest BCUT2D eigenvalue weighted by Gasteiger charge is 2.19. The van der Waals surface area contributed by atoms with Crippen LogP contribution in [-0.4, -0.2) is 19.5 Å². The summed E-state index contributed by atoms with van der Waals surface area (Å²) in [5, 5.41) is 4.74. The van der Waals surface area contributed by atoms with Crippen LogP contribution in [0.1, 0.15) is 0 Å². The SMILES string of the molecule is c1ccc(-c2ccc(-c3nc(-c4ccc5c(c4)c4ccccc4n5-c4ccccc4)nc(-c4cccc5sc6ccccc6c45)n3)cc2)cc1. The minimum Gasteiger partial charge on any atom is -0.309 e. The van der Waals surface area contributed by atoms with E-state index in [2.05, 4.69) is 168 Å². The van der Waals surface area contributed by atoms with Gasteiger partial charge in [-0.25, -0.2) is 15.0 Å². The van der Waals surface area contributed by atoms with Gasteiger partial charge in [-0.1, -0.05) is 121 Å². The molecule has 7 aromatic carbocycles. The van der Waals surface area contributed by atoms with Crippen molar-refractivity contribution in [2.45, 2.75) is 0 Å². The average molecular weight is 657 g/mol. The molecule has 4 nitrogen and oxygen atoms in total. The summed E-state index contributed by atoms with van der Waals surface area (Å²) in [6.45, 7) is 0. The van der Waals surface area contributed by atoms with Crippen molar-refractivity contribution in [3.8, 4) is 51.0 Å². The number of benzene rings is 7. The van der Waals surface area contributed by atoms with Gasteiger partial charge in [0, 0.05) is 53.3 Å². The lowest BCUT2D eigenvalue weighted by Gasteiger charge is -2.11. The lowest BCUT2D eigenvalue weighted by Crippen LogP contribution is -2.00. The standard InChI is InChI=1S/C45H28N4S/c1-3-12-29(13-4-1)30-22-24-31(25-23-30)43-46-44(48-45(47-43)36-18-11-21-41-42(36)35-17-8-10-20-40(35)50-41)32-26-27-39-37(28-32)34-16-7-9-19-38(34)49(39)33-14-5-2-6-15-33/h1-28H. The molecule has 234 valence electrons. The first kappa shape index (κ1) is 28.6. The van der Waals surface area contributed by atoms with Crippen molar-refractivity contribution in [2.75, 3.05) is 0 Å². The number of hydrogen-bond acceptors (Lipinski definition) is 4. The van der Waals surface area contributed by atoms with Gasteiger partial charge in [-0.15, -0.1) is 11.3 Å². The topological polar surface area (TPSA) is 43.6 Å². The van der Waals surface area contributed by atoms with Gasteiger partial charge in [0.1, 0.15) is 0 Å². The quantitative estimate of drug-likeness (QED) is 0.185. The van der Waals surface area contributed by atoms with Crippen molar-refractivity contribution in [1.82, 2.24) is 19.5 Å². The number of aromatic nitrogens is 4. The Labute approximate surface area is 292 Å². The molecule has 0 radical (unpaired) electrons. The lowest BCUT2D eigenvalue weighted by atomic mass is 10.0. The zero-order valence-electron chi connectivity index (χ0n) is 26.9. The minimum atomic E-state index is 0.645. The Kier molecular flexibility index (Phi) is 6.64. The molecule has 0 saturated carbocycles. The molecule has 3 heterocycles. The first-order valence-corrected chi connectivity index (χ1v) is 17.5. The lowest BCUT2D eigenvalue weighted by molar-refractivity contribution is 1.08. The molecule has 10 rings (SSSR count). The third kappa shape index (κ3) is 4.71. The maximum Gasteiger partial charge on any atom is 0.164 e. The van der Waals surface area contributed by atoms with Crippen LogP contribution in [0.25, 0.3) is 93.0 Å². The molecule has 5 heteroatoms. The molecule has 0 fully saturated rings. The van der Waals surface area contributed by atoms with Crippen molar-refractivity contribution in [3.63, 3.8) is 0 Å².